The zero-order valence-electron chi connectivity index (χ0n) is 14.2. The SMILES string of the molecule is Cc1ncc2n1CCC(C(=O)Nc1cc(C3CCCCC3)[nH]n1)C2. The van der Waals surface area contributed by atoms with E-state index in [9.17, 15) is 4.79 Å². The molecule has 2 aliphatic rings. The molecule has 1 fully saturated rings. The van der Waals surface area contributed by atoms with E-state index in [-0.39, 0.29) is 11.8 Å². The fraction of sp³-hybridized carbons (Fsp3) is 0.611. The maximum Gasteiger partial charge on any atom is 0.229 e. The van der Waals surface area contributed by atoms with Crippen LogP contribution in [0.2, 0.25) is 0 Å². The molecular formula is C18H25N5O. The quantitative estimate of drug-likeness (QED) is 0.909. The number of carbonyl (C=O) groups excluding carboxylic acids is 1. The van der Waals surface area contributed by atoms with E-state index in [0.717, 1.165) is 30.9 Å². The van der Waals surface area contributed by atoms with E-state index in [2.05, 4.69) is 25.1 Å². The van der Waals surface area contributed by atoms with Crippen LogP contribution in [0.1, 0.15) is 61.7 Å². The van der Waals surface area contributed by atoms with Crippen molar-refractivity contribution in [3.63, 3.8) is 0 Å². The summed E-state index contributed by atoms with van der Waals surface area (Å²) in [5, 5.41) is 10.4. The average Bonchev–Trinajstić information content (AvgIpc) is 3.22. The molecule has 1 amide bonds. The molecule has 2 aromatic heterocycles. The van der Waals surface area contributed by atoms with Crippen LogP contribution >= 0.6 is 0 Å². The first-order chi connectivity index (χ1) is 11.7. The number of hydrogen-bond acceptors (Lipinski definition) is 3. The molecule has 3 heterocycles. The molecule has 0 saturated heterocycles. The van der Waals surface area contributed by atoms with Gasteiger partial charge in [0.25, 0.3) is 0 Å². The van der Waals surface area contributed by atoms with E-state index >= 15 is 0 Å². The number of H-pyrrole nitrogens is 1. The zero-order valence-corrected chi connectivity index (χ0v) is 14.2. The van der Waals surface area contributed by atoms with Crippen LogP contribution in [0, 0.1) is 12.8 Å². The molecule has 0 spiro atoms. The Morgan fingerprint density at radius 1 is 1.29 bits per heavy atom. The van der Waals surface area contributed by atoms with Gasteiger partial charge in [-0.2, -0.15) is 5.10 Å². The standard InChI is InChI=1S/C18H25N5O/c1-12-19-11-15-9-14(7-8-23(12)15)18(24)20-17-10-16(21-22-17)13-5-3-2-4-6-13/h10-11,13-14H,2-9H2,1H3,(H2,20,21,22,24). The minimum absolute atomic E-state index is 0.00318. The van der Waals surface area contributed by atoms with Gasteiger partial charge in [0.1, 0.15) is 5.82 Å². The van der Waals surface area contributed by atoms with Crippen molar-refractivity contribution in [2.45, 2.75) is 64.3 Å². The molecule has 1 saturated carbocycles. The smallest absolute Gasteiger partial charge is 0.229 e. The van der Waals surface area contributed by atoms with Crippen LogP contribution in [0.5, 0.6) is 0 Å². The van der Waals surface area contributed by atoms with Crippen LogP contribution in [0.3, 0.4) is 0 Å². The topological polar surface area (TPSA) is 75.6 Å². The van der Waals surface area contributed by atoms with Crippen molar-refractivity contribution in [2.24, 2.45) is 5.92 Å². The molecule has 24 heavy (non-hydrogen) atoms. The number of aromatic amines is 1. The van der Waals surface area contributed by atoms with Crippen molar-refractivity contribution in [3.05, 3.63) is 29.5 Å². The molecule has 6 nitrogen and oxygen atoms in total. The Hall–Kier alpha value is -2.11. The number of amides is 1. The third-order valence-electron chi connectivity index (χ3n) is 5.56. The number of anilines is 1. The van der Waals surface area contributed by atoms with Crippen molar-refractivity contribution in [1.82, 2.24) is 19.7 Å². The van der Waals surface area contributed by atoms with Crippen LogP contribution in [0.15, 0.2) is 12.3 Å². The highest BCUT2D eigenvalue weighted by Crippen LogP contribution is 2.32. The average molecular weight is 327 g/mol. The summed E-state index contributed by atoms with van der Waals surface area (Å²) in [6.45, 7) is 2.88. The van der Waals surface area contributed by atoms with Gasteiger partial charge in [-0.3, -0.25) is 9.89 Å². The summed E-state index contributed by atoms with van der Waals surface area (Å²) in [7, 11) is 0. The number of rotatable bonds is 3. The second-order valence-corrected chi connectivity index (χ2v) is 7.17. The number of imidazole rings is 1. The van der Waals surface area contributed by atoms with Gasteiger partial charge in [-0.1, -0.05) is 19.3 Å². The summed E-state index contributed by atoms with van der Waals surface area (Å²) >= 11 is 0. The Bertz CT molecular complexity index is 726. The molecule has 0 bridgehead atoms. The molecule has 6 heteroatoms. The summed E-state index contributed by atoms with van der Waals surface area (Å²) < 4.78 is 2.21. The summed E-state index contributed by atoms with van der Waals surface area (Å²) in [6, 6.07) is 2.02. The molecule has 0 aromatic carbocycles. The first kappa shape index (κ1) is 15.4. The lowest BCUT2D eigenvalue weighted by Crippen LogP contribution is -2.30. The lowest BCUT2D eigenvalue weighted by Gasteiger charge is -2.23. The Labute approximate surface area is 142 Å². The fourth-order valence-electron chi connectivity index (χ4n) is 4.10. The number of nitrogens with one attached hydrogen (secondary N) is 2. The Kier molecular flexibility index (Phi) is 4.12. The second kappa shape index (κ2) is 6.42. The van der Waals surface area contributed by atoms with Crippen molar-refractivity contribution < 1.29 is 4.79 Å². The number of fused-ring (bicyclic) bond motifs is 1. The molecule has 2 N–H and O–H groups in total. The lowest BCUT2D eigenvalue weighted by molar-refractivity contribution is -0.120. The van der Waals surface area contributed by atoms with E-state index in [1.54, 1.807) is 0 Å². The summed E-state index contributed by atoms with van der Waals surface area (Å²) in [4.78, 5) is 16.9. The molecule has 1 aliphatic heterocycles. The monoisotopic (exact) mass is 327 g/mol. The van der Waals surface area contributed by atoms with E-state index in [1.165, 1.54) is 37.8 Å². The number of aryl methyl sites for hydroxylation is 1. The highest BCUT2D eigenvalue weighted by Gasteiger charge is 2.26. The first-order valence-corrected chi connectivity index (χ1v) is 9.08. The van der Waals surface area contributed by atoms with Crippen molar-refractivity contribution in [3.8, 4) is 0 Å². The summed E-state index contributed by atoms with van der Waals surface area (Å²) in [6.07, 6.45) is 9.88. The van der Waals surface area contributed by atoms with Gasteiger partial charge in [-0.05, 0) is 26.2 Å². The van der Waals surface area contributed by atoms with Gasteiger partial charge in [-0.25, -0.2) is 4.98 Å². The molecule has 2 aromatic rings. The van der Waals surface area contributed by atoms with Gasteiger partial charge in [0.15, 0.2) is 5.82 Å². The van der Waals surface area contributed by atoms with E-state index in [4.69, 9.17) is 0 Å². The molecule has 1 aliphatic carbocycles. The largest absolute Gasteiger partial charge is 0.332 e. The molecule has 0 radical (unpaired) electrons. The number of aromatic nitrogens is 4. The fourth-order valence-corrected chi connectivity index (χ4v) is 4.10. The number of nitrogens with zero attached hydrogens (tertiary/aromatic N) is 3. The lowest BCUT2D eigenvalue weighted by atomic mass is 9.87. The molecule has 1 unspecified atom stereocenters. The van der Waals surface area contributed by atoms with E-state index in [1.807, 2.05) is 19.2 Å². The highest BCUT2D eigenvalue weighted by atomic mass is 16.2. The summed E-state index contributed by atoms with van der Waals surface area (Å²) in [5.74, 6) is 2.35. The van der Waals surface area contributed by atoms with Gasteiger partial charge >= 0.3 is 0 Å². The minimum atomic E-state index is 0.00318. The van der Waals surface area contributed by atoms with E-state index < -0.39 is 0 Å². The highest BCUT2D eigenvalue weighted by molar-refractivity contribution is 5.91. The Morgan fingerprint density at radius 3 is 2.96 bits per heavy atom. The third-order valence-corrected chi connectivity index (χ3v) is 5.56. The maximum atomic E-state index is 12.6. The predicted molar refractivity (Wildman–Crippen MR) is 91.8 cm³/mol. The Balaban J connectivity index is 1.39. The van der Waals surface area contributed by atoms with Gasteiger partial charge in [0.05, 0.1) is 0 Å². The third kappa shape index (κ3) is 2.97. The van der Waals surface area contributed by atoms with Crippen LogP contribution in [-0.4, -0.2) is 25.7 Å². The number of carbonyl (C=O) groups is 1. The van der Waals surface area contributed by atoms with Crippen LogP contribution in [0.4, 0.5) is 5.82 Å². The molecule has 1 atom stereocenters. The van der Waals surface area contributed by atoms with Crippen molar-refractivity contribution >= 4 is 11.7 Å². The van der Waals surface area contributed by atoms with Gasteiger partial charge < -0.3 is 9.88 Å². The van der Waals surface area contributed by atoms with Crippen molar-refractivity contribution in [1.29, 1.82) is 0 Å². The zero-order chi connectivity index (χ0) is 16.5. The van der Waals surface area contributed by atoms with Crippen molar-refractivity contribution in [2.75, 3.05) is 5.32 Å². The second-order valence-electron chi connectivity index (χ2n) is 7.17. The molecule has 4 rings (SSSR count). The first-order valence-electron chi connectivity index (χ1n) is 9.08. The maximum absolute atomic E-state index is 12.6. The van der Waals surface area contributed by atoms with Gasteiger partial charge in [0.2, 0.25) is 5.91 Å². The minimum Gasteiger partial charge on any atom is -0.332 e. The molecule has 128 valence electrons. The predicted octanol–water partition coefficient (Wildman–Crippen LogP) is 3.16. The molecular weight excluding hydrogens is 302 g/mol. The Morgan fingerprint density at radius 2 is 2.12 bits per heavy atom. The number of hydrogen-bond donors (Lipinski definition) is 2. The van der Waals surface area contributed by atoms with Crippen LogP contribution in [-0.2, 0) is 17.8 Å². The van der Waals surface area contributed by atoms with Crippen LogP contribution < -0.4 is 5.32 Å². The van der Waals surface area contributed by atoms with Gasteiger partial charge in [-0.15, -0.1) is 0 Å². The van der Waals surface area contributed by atoms with E-state index in [0.29, 0.717) is 11.7 Å². The normalized spacial score (nSPS) is 21.5. The van der Waals surface area contributed by atoms with Crippen LogP contribution in [0.25, 0.3) is 0 Å². The van der Waals surface area contributed by atoms with Gasteiger partial charge in [0, 0.05) is 48.5 Å². The summed E-state index contributed by atoms with van der Waals surface area (Å²) in [5.41, 5.74) is 2.33.